The van der Waals surface area contributed by atoms with Crippen molar-refractivity contribution in [3.8, 4) is 5.69 Å². The van der Waals surface area contributed by atoms with Gasteiger partial charge in [-0.15, -0.1) is 0 Å². The van der Waals surface area contributed by atoms with Crippen LogP contribution in [0.2, 0.25) is 5.02 Å². The Morgan fingerprint density at radius 2 is 1.73 bits per heavy atom. The van der Waals surface area contributed by atoms with E-state index in [0.717, 1.165) is 29.9 Å². The highest BCUT2D eigenvalue weighted by molar-refractivity contribution is 6.31. The standard InChI is InChI=1S/C22H28ClN5O2/c1-14-20(23)15(2)28(25-14)19-8-4-17(5-9-19)22(30)27-12-10-26(11-13-27)16(3)21(29)24-18-6-7-18/h4-5,8-9,16,18H,6-7,10-13H2,1-3H3,(H,24,29). The normalized spacial score (nSPS) is 18.3. The molecule has 1 saturated carbocycles. The number of piperazine rings is 1. The number of halogens is 1. The topological polar surface area (TPSA) is 70.5 Å². The fourth-order valence-corrected chi connectivity index (χ4v) is 3.95. The minimum Gasteiger partial charge on any atom is -0.352 e. The molecule has 7 nitrogen and oxygen atoms in total. The fourth-order valence-electron chi connectivity index (χ4n) is 3.83. The zero-order valence-corrected chi connectivity index (χ0v) is 18.4. The molecule has 1 aromatic carbocycles. The molecule has 2 heterocycles. The van der Waals surface area contributed by atoms with Gasteiger partial charge in [0.05, 0.1) is 28.1 Å². The van der Waals surface area contributed by atoms with Gasteiger partial charge in [-0.3, -0.25) is 14.5 Å². The van der Waals surface area contributed by atoms with E-state index < -0.39 is 0 Å². The predicted octanol–water partition coefficient (Wildman–Crippen LogP) is 2.57. The third-order valence-electron chi connectivity index (χ3n) is 6.01. The van der Waals surface area contributed by atoms with Crippen molar-refractivity contribution in [2.75, 3.05) is 26.2 Å². The molecule has 0 spiro atoms. The lowest BCUT2D eigenvalue weighted by Gasteiger charge is -2.37. The lowest BCUT2D eigenvalue weighted by atomic mass is 10.1. The average Bonchev–Trinajstić information content (AvgIpc) is 3.55. The van der Waals surface area contributed by atoms with Crippen LogP contribution in [0, 0.1) is 13.8 Å². The molecular formula is C22H28ClN5O2. The second-order valence-corrected chi connectivity index (χ2v) is 8.61. The summed E-state index contributed by atoms with van der Waals surface area (Å²) >= 11 is 6.24. The SMILES string of the molecule is Cc1nn(-c2ccc(C(=O)N3CCN(C(C)C(=O)NC4CC4)CC3)cc2)c(C)c1Cl. The minimum absolute atomic E-state index is 0.0164. The van der Waals surface area contributed by atoms with Crippen molar-refractivity contribution in [1.29, 1.82) is 0 Å². The molecule has 0 bridgehead atoms. The molecule has 0 radical (unpaired) electrons. The van der Waals surface area contributed by atoms with Crippen LogP contribution in [-0.2, 0) is 4.79 Å². The van der Waals surface area contributed by atoms with Gasteiger partial charge in [-0.1, -0.05) is 11.6 Å². The summed E-state index contributed by atoms with van der Waals surface area (Å²) in [6.45, 7) is 8.38. The first kappa shape index (κ1) is 20.9. The number of nitrogens with zero attached hydrogens (tertiary/aromatic N) is 4. The molecule has 160 valence electrons. The van der Waals surface area contributed by atoms with Gasteiger partial charge in [0.15, 0.2) is 0 Å². The minimum atomic E-state index is -0.158. The first-order chi connectivity index (χ1) is 14.3. The maximum Gasteiger partial charge on any atom is 0.253 e. The first-order valence-electron chi connectivity index (χ1n) is 10.5. The number of carbonyl (C=O) groups excluding carboxylic acids is 2. The lowest BCUT2D eigenvalue weighted by Crippen LogP contribution is -2.55. The summed E-state index contributed by atoms with van der Waals surface area (Å²) in [5.41, 5.74) is 3.19. The summed E-state index contributed by atoms with van der Waals surface area (Å²) in [7, 11) is 0. The number of amides is 2. The molecule has 2 aromatic rings. The van der Waals surface area contributed by atoms with Gasteiger partial charge in [-0.25, -0.2) is 4.68 Å². The van der Waals surface area contributed by atoms with Crippen LogP contribution in [0.5, 0.6) is 0 Å². The quantitative estimate of drug-likeness (QED) is 0.793. The number of hydrogen-bond donors (Lipinski definition) is 1. The van der Waals surface area contributed by atoms with Crippen LogP contribution < -0.4 is 5.32 Å². The van der Waals surface area contributed by atoms with Gasteiger partial charge in [-0.05, 0) is 57.9 Å². The van der Waals surface area contributed by atoms with Crippen molar-refractivity contribution < 1.29 is 9.59 Å². The van der Waals surface area contributed by atoms with E-state index in [1.54, 1.807) is 4.68 Å². The van der Waals surface area contributed by atoms with Gasteiger partial charge in [0.2, 0.25) is 5.91 Å². The van der Waals surface area contributed by atoms with E-state index in [0.29, 0.717) is 42.8 Å². The Balaban J connectivity index is 1.36. The zero-order chi connectivity index (χ0) is 21.4. The maximum atomic E-state index is 12.9. The summed E-state index contributed by atoms with van der Waals surface area (Å²) < 4.78 is 1.79. The Labute approximate surface area is 182 Å². The molecule has 1 N–H and O–H groups in total. The Kier molecular flexibility index (Phi) is 5.84. The van der Waals surface area contributed by atoms with Crippen molar-refractivity contribution in [2.24, 2.45) is 0 Å². The highest BCUT2D eigenvalue weighted by Crippen LogP contribution is 2.23. The van der Waals surface area contributed by atoms with Crippen LogP contribution in [-0.4, -0.2) is 69.7 Å². The molecule has 1 aromatic heterocycles. The molecule has 2 aliphatic rings. The molecule has 2 amide bonds. The van der Waals surface area contributed by atoms with Crippen LogP contribution in [0.3, 0.4) is 0 Å². The number of benzene rings is 1. The van der Waals surface area contributed by atoms with Gasteiger partial charge >= 0.3 is 0 Å². The summed E-state index contributed by atoms with van der Waals surface area (Å²) in [6, 6.07) is 7.67. The van der Waals surface area contributed by atoms with E-state index in [1.165, 1.54) is 0 Å². The van der Waals surface area contributed by atoms with Crippen molar-refractivity contribution in [3.05, 3.63) is 46.2 Å². The van der Waals surface area contributed by atoms with Crippen molar-refractivity contribution in [2.45, 2.75) is 45.7 Å². The van der Waals surface area contributed by atoms with Gasteiger partial charge in [-0.2, -0.15) is 5.10 Å². The van der Waals surface area contributed by atoms with Crippen molar-refractivity contribution in [1.82, 2.24) is 24.9 Å². The van der Waals surface area contributed by atoms with Crippen molar-refractivity contribution in [3.63, 3.8) is 0 Å². The van der Waals surface area contributed by atoms with Crippen LogP contribution in [0.15, 0.2) is 24.3 Å². The van der Waals surface area contributed by atoms with Crippen molar-refractivity contribution >= 4 is 23.4 Å². The molecule has 30 heavy (non-hydrogen) atoms. The van der Waals surface area contributed by atoms with Crippen LogP contribution >= 0.6 is 11.6 Å². The van der Waals surface area contributed by atoms with Crippen LogP contribution in [0.4, 0.5) is 0 Å². The molecule has 1 saturated heterocycles. The fraction of sp³-hybridized carbons (Fsp3) is 0.500. The Morgan fingerprint density at radius 1 is 1.10 bits per heavy atom. The molecule has 4 rings (SSSR count). The van der Waals surface area contributed by atoms with E-state index >= 15 is 0 Å². The smallest absolute Gasteiger partial charge is 0.253 e. The molecule has 8 heteroatoms. The average molecular weight is 430 g/mol. The number of nitrogens with one attached hydrogen (secondary N) is 1. The van der Waals surface area contributed by atoms with E-state index in [2.05, 4.69) is 15.3 Å². The molecule has 2 fully saturated rings. The molecule has 1 aliphatic heterocycles. The monoisotopic (exact) mass is 429 g/mol. The summed E-state index contributed by atoms with van der Waals surface area (Å²) in [5.74, 6) is 0.111. The van der Waals surface area contributed by atoms with Crippen LogP contribution in [0.1, 0.15) is 41.5 Å². The highest BCUT2D eigenvalue weighted by atomic mass is 35.5. The van der Waals surface area contributed by atoms with E-state index in [-0.39, 0.29) is 17.9 Å². The third-order valence-corrected chi connectivity index (χ3v) is 6.56. The molecule has 1 unspecified atom stereocenters. The summed E-state index contributed by atoms with van der Waals surface area (Å²) in [5, 5.41) is 8.18. The molecule has 1 aliphatic carbocycles. The predicted molar refractivity (Wildman–Crippen MR) is 116 cm³/mol. The second kappa shape index (κ2) is 8.40. The number of hydrogen-bond acceptors (Lipinski definition) is 4. The van der Waals surface area contributed by atoms with E-state index in [1.807, 2.05) is 49.9 Å². The number of aromatic nitrogens is 2. The second-order valence-electron chi connectivity index (χ2n) is 8.23. The molecule has 1 atom stereocenters. The summed E-state index contributed by atoms with van der Waals surface area (Å²) in [4.78, 5) is 29.2. The molecular weight excluding hydrogens is 402 g/mol. The van der Waals surface area contributed by atoms with Gasteiger partial charge in [0.25, 0.3) is 5.91 Å². The first-order valence-corrected chi connectivity index (χ1v) is 10.9. The van der Waals surface area contributed by atoms with Gasteiger partial charge < -0.3 is 10.2 Å². The number of aryl methyl sites for hydroxylation is 1. The largest absolute Gasteiger partial charge is 0.352 e. The zero-order valence-electron chi connectivity index (χ0n) is 17.7. The lowest BCUT2D eigenvalue weighted by molar-refractivity contribution is -0.126. The number of rotatable bonds is 5. The Bertz CT molecular complexity index is 943. The van der Waals surface area contributed by atoms with Gasteiger partial charge in [0.1, 0.15) is 0 Å². The number of carbonyl (C=O) groups is 2. The van der Waals surface area contributed by atoms with Gasteiger partial charge in [0, 0.05) is 37.8 Å². The third kappa shape index (κ3) is 4.23. The summed E-state index contributed by atoms with van der Waals surface area (Å²) in [6.07, 6.45) is 2.18. The Hall–Kier alpha value is -2.38. The maximum absolute atomic E-state index is 12.9. The highest BCUT2D eigenvalue weighted by Gasteiger charge is 2.31. The van der Waals surface area contributed by atoms with E-state index in [9.17, 15) is 9.59 Å². The van der Waals surface area contributed by atoms with E-state index in [4.69, 9.17) is 11.6 Å². The Morgan fingerprint density at radius 3 is 2.27 bits per heavy atom. The van der Waals surface area contributed by atoms with Crippen LogP contribution in [0.25, 0.3) is 5.69 Å².